The van der Waals surface area contributed by atoms with Crippen molar-refractivity contribution in [3.63, 3.8) is 0 Å². The van der Waals surface area contributed by atoms with Crippen LogP contribution in [0.5, 0.6) is 11.5 Å². The highest BCUT2D eigenvalue weighted by Gasteiger charge is 2.15. The molecule has 3 N–H and O–H groups in total. The summed E-state index contributed by atoms with van der Waals surface area (Å²) in [7, 11) is 4.64. The second-order valence-corrected chi connectivity index (χ2v) is 8.67. The van der Waals surface area contributed by atoms with Crippen molar-refractivity contribution < 1.29 is 23.5 Å². The summed E-state index contributed by atoms with van der Waals surface area (Å²) in [5, 5.41) is 8.51. The number of methoxy groups -OCH3 is 2. The molecule has 5 rings (SSSR count). The summed E-state index contributed by atoms with van der Waals surface area (Å²) >= 11 is 0. The molecule has 0 radical (unpaired) electrons. The van der Waals surface area contributed by atoms with Crippen LogP contribution in [0, 0.1) is 5.82 Å². The van der Waals surface area contributed by atoms with Crippen molar-refractivity contribution in [2.24, 2.45) is 0 Å². The maximum absolute atomic E-state index is 14.7. The summed E-state index contributed by atoms with van der Waals surface area (Å²) in [4.78, 5) is 33.8. The van der Waals surface area contributed by atoms with Gasteiger partial charge in [-0.1, -0.05) is 0 Å². The molecule has 0 saturated carbocycles. The van der Waals surface area contributed by atoms with E-state index in [4.69, 9.17) is 14.5 Å². The molecule has 2 amide bonds. The minimum absolute atomic E-state index is 0.104. The van der Waals surface area contributed by atoms with Crippen LogP contribution in [0.4, 0.5) is 21.6 Å². The van der Waals surface area contributed by atoms with Crippen molar-refractivity contribution in [2.75, 3.05) is 31.9 Å². The lowest BCUT2D eigenvalue weighted by Crippen LogP contribution is -2.18. The smallest absolute Gasteiger partial charge is 0.255 e. The number of nitrogens with one attached hydrogen (secondary N) is 3. The molecule has 10 nitrogen and oxygen atoms in total. The summed E-state index contributed by atoms with van der Waals surface area (Å²) in [5.74, 6) is 0.178. The predicted octanol–water partition coefficient (Wildman–Crippen LogP) is 4.91. The number of carbonyl (C=O) groups is 2. The lowest BCUT2D eigenvalue weighted by Gasteiger charge is -2.13. The summed E-state index contributed by atoms with van der Waals surface area (Å²) in [6.07, 6.45) is 5.08. The number of carbonyl (C=O) groups excluding carboxylic acids is 2. The van der Waals surface area contributed by atoms with Gasteiger partial charge in [-0.05, 0) is 54.6 Å². The molecule has 0 spiro atoms. The molecule has 0 saturated heterocycles. The Balaban J connectivity index is 1.45. The average Bonchev–Trinajstić information content (AvgIpc) is 3.46. The molecular weight excluding hydrogens is 515 g/mol. The molecule has 0 unspecified atom stereocenters. The third kappa shape index (κ3) is 5.39. The van der Waals surface area contributed by atoms with Gasteiger partial charge in [-0.15, -0.1) is 0 Å². The van der Waals surface area contributed by atoms with E-state index in [0.29, 0.717) is 51.2 Å². The molecule has 3 aromatic carbocycles. The highest BCUT2D eigenvalue weighted by Crippen LogP contribution is 2.32. The fourth-order valence-corrected chi connectivity index (χ4v) is 4.13. The van der Waals surface area contributed by atoms with Gasteiger partial charge in [0.2, 0.25) is 0 Å². The highest BCUT2D eigenvalue weighted by atomic mass is 19.1. The van der Waals surface area contributed by atoms with E-state index < -0.39 is 11.7 Å². The molecule has 0 atom stereocenters. The second-order valence-electron chi connectivity index (χ2n) is 8.67. The van der Waals surface area contributed by atoms with E-state index in [0.717, 1.165) is 6.07 Å². The SMILES string of the molecule is CNC(=O)c1ccc(NC(=O)c2cc(F)cc(-c3cn4ccnc4c(Nc4ccc(OC)c(OC)c4)n3)c2)cc1. The predicted molar refractivity (Wildman–Crippen MR) is 149 cm³/mol. The molecule has 0 aliphatic rings. The van der Waals surface area contributed by atoms with Gasteiger partial charge in [0.25, 0.3) is 11.8 Å². The first-order valence-corrected chi connectivity index (χ1v) is 12.2. The molecule has 11 heteroatoms. The number of benzene rings is 3. The molecule has 2 aromatic heterocycles. The topological polar surface area (TPSA) is 119 Å². The molecule has 0 bridgehead atoms. The van der Waals surface area contributed by atoms with Gasteiger partial charge < -0.3 is 29.8 Å². The van der Waals surface area contributed by atoms with Gasteiger partial charge in [0.05, 0.1) is 19.9 Å². The number of amides is 2. The first kappa shape index (κ1) is 26.2. The summed E-state index contributed by atoms with van der Waals surface area (Å²) in [6, 6.07) is 15.7. The van der Waals surface area contributed by atoms with Gasteiger partial charge in [-0.2, -0.15) is 0 Å². The summed E-state index contributed by atoms with van der Waals surface area (Å²) in [6.45, 7) is 0. The van der Waals surface area contributed by atoms with Crippen LogP contribution in [0.3, 0.4) is 0 Å². The molecule has 0 aliphatic carbocycles. The third-order valence-electron chi connectivity index (χ3n) is 6.11. The lowest BCUT2D eigenvalue weighted by molar-refractivity contribution is 0.0962. The van der Waals surface area contributed by atoms with Crippen molar-refractivity contribution in [3.8, 4) is 22.8 Å². The molecular formula is C29H25FN6O4. The van der Waals surface area contributed by atoms with Crippen molar-refractivity contribution in [2.45, 2.75) is 0 Å². The number of hydrogen-bond donors (Lipinski definition) is 3. The Labute approximate surface area is 228 Å². The molecule has 0 fully saturated rings. The maximum atomic E-state index is 14.7. The number of fused-ring (bicyclic) bond motifs is 1. The Hall–Kier alpha value is -5.45. The number of anilines is 3. The molecule has 0 aliphatic heterocycles. The van der Waals surface area contributed by atoms with E-state index in [9.17, 15) is 14.0 Å². The van der Waals surface area contributed by atoms with Crippen LogP contribution >= 0.6 is 0 Å². The van der Waals surface area contributed by atoms with E-state index in [1.54, 1.807) is 85.7 Å². The first-order chi connectivity index (χ1) is 19.4. The Morgan fingerprint density at radius 2 is 1.62 bits per heavy atom. The van der Waals surface area contributed by atoms with E-state index in [1.807, 2.05) is 0 Å². The van der Waals surface area contributed by atoms with Gasteiger partial charge in [-0.25, -0.2) is 14.4 Å². The summed E-state index contributed by atoms with van der Waals surface area (Å²) in [5.41, 5.74) is 3.05. The van der Waals surface area contributed by atoms with Gasteiger partial charge >= 0.3 is 0 Å². The fourth-order valence-electron chi connectivity index (χ4n) is 4.13. The Bertz CT molecular complexity index is 1720. The monoisotopic (exact) mass is 540 g/mol. The van der Waals surface area contributed by atoms with Crippen molar-refractivity contribution in [1.82, 2.24) is 19.7 Å². The van der Waals surface area contributed by atoms with Crippen LogP contribution in [-0.2, 0) is 0 Å². The van der Waals surface area contributed by atoms with Crippen molar-refractivity contribution in [3.05, 3.63) is 96.2 Å². The highest BCUT2D eigenvalue weighted by molar-refractivity contribution is 6.05. The van der Waals surface area contributed by atoms with Crippen LogP contribution < -0.4 is 25.4 Å². The minimum Gasteiger partial charge on any atom is -0.493 e. The van der Waals surface area contributed by atoms with Crippen molar-refractivity contribution >= 4 is 34.7 Å². The van der Waals surface area contributed by atoms with E-state index >= 15 is 0 Å². The van der Waals surface area contributed by atoms with Crippen LogP contribution in [0.25, 0.3) is 16.9 Å². The number of halogens is 1. The normalized spacial score (nSPS) is 10.7. The Morgan fingerprint density at radius 3 is 2.35 bits per heavy atom. The number of nitrogens with zero attached hydrogens (tertiary/aromatic N) is 3. The van der Waals surface area contributed by atoms with E-state index in [2.05, 4.69) is 20.9 Å². The number of rotatable bonds is 8. The number of ether oxygens (including phenoxy) is 2. The molecule has 40 heavy (non-hydrogen) atoms. The van der Waals surface area contributed by atoms with Crippen LogP contribution in [-0.4, -0.2) is 47.5 Å². The number of aromatic nitrogens is 3. The largest absolute Gasteiger partial charge is 0.493 e. The lowest BCUT2D eigenvalue weighted by atomic mass is 10.1. The van der Waals surface area contributed by atoms with E-state index in [-0.39, 0.29) is 11.5 Å². The van der Waals surface area contributed by atoms with Crippen LogP contribution in [0.2, 0.25) is 0 Å². The third-order valence-corrected chi connectivity index (χ3v) is 6.11. The van der Waals surface area contributed by atoms with Gasteiger partial charge in [0.15, 0.2) is 23.0 Å². The zero-order valence-corrected chi connectivity index (χ0v) is 21.9. The van der Waals surface area contributed by atoms with Gasteiger partial charge in [-0.3, -0.25) is 9.59 Å². The van der Waals surface area contributed by atoms with Gasteiger partial charge in [0.1, 0.15) is 5.82 Å². The molecule has 2 heterocycles. The summed E-state index contributed by atoms with van der Waals surface area (Å²) < 4.78 is 27.2. The Kier molecular flexibility index (Phi) is 7.27. The second kappa shape index (κ2) is 11.1. The number of hydrogen-bond acceptors (Lipinski definition) is 7. The zero-order chi connectivity index (χ0) is 28.2. The fraction of sp³-hybridized carbons (Fsp3) is 0.103. The number of imidazole rings is 1. The average molecular weight is 541 g/mol. The van der Waals surface area contributed by atoms with E-state index in [1.165, 1.54) is 13.1 Å². The van der Waals surface area contributed by atoms with Crippen LogP contribution in [0.15, 0.2) is 79.3 Å². The van der Waals surface area contributed by atoms with Crippen molar-refractivity contribution in [1.29, 1.82) is 0 Å². The maximum Gasteiger partial charge on any atom is 0.255 e. The van der Waals surface area contributed by atoms with Crippen LogP contribution in [0.1, 0.15) is 20.7 Å². The first-order valence-electron chi connectivity index (χ1n) is 12.2. The Morgan fingerprint density at radius 1 is 0.875 bits per heavy atom. The van der Waals surface area contributed by atoms with Gasteiger partial charge in [0, 0.05) is 59.8 Å². The standard InChI is InChI=1S/C29H25FN6O4/c1-31-28(37)17-4-6-21(7-5-17)34-29(38)19-12-18(13-20(30)14-19)23-16-36-11-10-32-27(36)26(35-23)33-22-8-9-24(39-2)25(15-22)40-3/h4-16H,1-3H3,(H,31,37)(H,33,35)(H,34,38). The quantitative estimate of drug-likeness (QED) is 0.256. The zero-order valence-electron chi connectivity index (χ0n) is 21.9. The molecule has 202 valence electrons. The molecule has 5 aromatic rings. The minimum atomic E-state index is -0.598.